The number of allylic oxidation sites excluding steroid dienone is 1. The van der Waals surface area contributed by atoms with Crippen LogP contribution in [0.4, 0.5) is 0 Å². The minimum atomic E-state index is -0.142. The summed E-state index contributed by atoms with van der Waals surface area (Å²) in [5.74, 6) is 0.763. The molecule has 0 aliphatic carbocycles. The van der Waals surface area contributed by atoms with Crippen LogP contribution in [0.1, 0.15) is 45.1 Å². The van der Waals surface area contributed by atoms with Crippen molar-refractivity contribution in [2.45, 2.75) is 39.5 Å². The van der Waals surface area contributed by atoms with Crippen LogP contribution in [0.2, 0.25) is 0 Å². The second-order valence-electron chi connectivity index (χ2n) is 4.52. The van der Waals surface area contributed by atoms with Crippen LogP contribution in [0.25, 0.3) is 6.08 Å². The van der Waals surface area contributed by atoms with Crippen LogP contribution in [-0.2, 0) is 9.53 Å². The smallest absolute Gasteiger partial charge is 0.306 e. The summed E-state index contributed by atoms with van der Waals surface area (Å²) in [6.07, 6.45) is 7.35. The van der Waals surface area contributed by atoms with Gasteiger partial charge in [-0.2, -0.15) is 0 Å². The van der Waals surface area contributed by atoms with Crippen LogP contribution in [0, 0.1) is 0 Å². The van der Waals surface area contributed by atoms with E-state index in [1.807, 2.05) is 43.3 Å². The van der Waals surface area contributed by atoms with Gasteiger partial charge in [-0.3, -0.25) is 4.79 Å². The molecule has 0 heterocycles. The lowest BCUT2D eigenvalue weighted by Crippen LogP contribution is -2.02. The number of ether oxygens (including phenoxy) is 2. The van der Waals surface area contributed by atoms with Gasteiger partial charge in [-0.15, -0.1) is 0 Å². The Morgan fingerprint density at radius 2 is 1.95 bits per heavy atom. The van der Waals surface area contributed by atoms with Crippen LogP contribution >= 0.6 is 0 Å². The Morgan fingerprint density at radius 3 is 2.60 bits per heavy atom. The van der Waals surface area contributed by atoms with Gasteiger partial charge in [0.15, 0.2) is 0 Å². The molecule has 0 aliphatic rings. The zero-order chi connectivity index (χ0) is 14.6. The summed E-state index contributed by atoms with van der Waals surface area (Å²) in [7, 11) is 0. The van der Waals surface area contributed by atoms with Crippen molar-refractivity contribution in [2.75, 3.05) is 13.2 Å². The lowest BCUT2D eigenvalue weighted by molar-refractivity contribution is -0.142. The van der Waals surface area contributed by atoms with E-state index in [1.54, 1.807) is 0 Å². The van der Waals surface area contributed by atoms with Crippen molar-refractivity contribution in [3.05, 3.63) is 35.9 Å². The lowest BCUT2D eigenvalue weighted by atomic mass is 10.2. The van der Waals surface area contributed by atoms with E-state index in [9.17, 15) is 4.79 Å². The van der Waals surface area contributed by atoms with E-state index >= 15 is 0 Å². The summed E-state index contributed by atoms with van der Waals surface area (Å²) >= 11 is 0. The fourth-order valence-electron chi connectivity index (χ4n) is 1.66. The molecule has 0 fully saturated rings. The van der Waals surface area contributed by atoms with E-state index in [1.165, 1.54) is 0 Å². The fraction of sp³-hybridized carbons (Fsp3) is 0.471. The molecule has 0 aromatic heterocycles. The van der Waals surface area contributed by atoms with E-state index in [2.05, 4.69) is 6.92 Å². The second-order valence-corrected chi connectivity index (χ2v) is 4.52. The van der Waals surface area contributed by atoms with Gasteiger partial charge in [0.05, 0.1) is 13.2 Å². The number of esters is 1. The van der Waals surface area contributed by atoms with Crippen LogP contribution in [0.3, 0.4) is 0 Å². The van der Waals surface area contributed by atoms with Crippen LogP contribution in [0.15, 0.2) is 30.3 Å². The molecule has 0 saturated heterocycles. The van der Waals surface area contributed by atoms with E-state index in [4.69, 9.17) is 9.47 Å². The molecule has 20 heavy (non-hydrogen) atoms. The van der Waals surface area contributed by atoms with Gasteiger partial charge in [0.25, 0.3) is 0 Å². The maximum atomic E-state index is 11.2. The minimum absolute atomic E-state index is 0.142. The first-order valence-electron chi connectivity index (χ1n) is 7.31. The number of unbranched alkanes of at least 4 members (excludes halogenated alkanes) is 1. The Balaban J connectivity index is 2.31. The quantitative estimate of drug-likeness (QED) is 0.500. The Bertz CT molecular complexity index is 407. The number of benzene rings is 1. The molecular weight excluding hydrogens is 252 g/mol. The SMILES string of the molecule is CCCCOc1ccc(/C=C\CCC(=O)OCC)cc1. The molecule has 0 unspecified atom stereocenters. The predicted octanol–water partition coefficient (Wildman–Crippen LogP) is 4.22. The topological polar surface area (TPSA) is 35.5 Å². The first-order valence-corrected chi connectivity index (χ1v) is 7.31. The second kappa shape index (κ2) is 10.1. The third-order valence-corrected chi connectivity index (χ3v) is 2.78. The van der Waals surface area contributed by atoms with Crippen molar-refractivity contribution in [1.29, 1.82) is 0 Å². The highest BCUT2D eigenvalue weighted by Crippen LogP contribution is 2.14. The summed E-state index contributed by atoms with van der Waals surface area (Å²) in [6.45, 7) is 5.18. The molecule has 110 valence electrons. The van der Waals surface area contributed by atoms with Crippen LogP contribution in [-0.4, -0.2) is 19.2 Å². The molecule has 0 spiro atoms. The monoisotopic (exact) mass is 276 g/mol. The predicted molar refractivity (Wildman–Crippen MR) is 81.7 cm³/mol. The molecule has 0 aliphatic heterocycles. The van der Waals surface area contributed by atoms with Gasteiger partial charge in [-0.1, -0.05) is 37.6 Å². The van der Waals surface area contributed by atoms with Crippen molar-refractivity contribution in [3.8, 4) is 5.75 Å². The van der Waals surface area contributed by atoms with Gasteiger partial charge in [-0.25, -0.2) is 0 Å². The summed E-state index contributed by atoms with van der Waals surface area (Å²) < 4.78 is 10.5. The largest absolute Gasteiger partial charge is 0.494 e. The Hall–Kier alpha value is -1.77. The van der Waals surface area contributed by atoms with Crippen molar-refractivity contribution < 1.29 is 14.3 Å². The number of rotatable bonds is 9. The Morgan fingerprint density at radius 1 is 1.20 bits per heavy atom. The highest BCUT2D eigenvalue weighted by atomic mass is 16.5. The van der Waals surface area contributed by atoms with Gasteiger partial charge < -0.3 is 9.47 Å². The zero-order valence-corrected chi connectivity index (χ0v) is 12.4. The highest BCUT2D eigenvalue weighted by molar-refractivity contribution is 5.69. The Labute approximate surface area is 121 Å². The average Bonchev–Trinajstić information content (AvgIpc) is 2.46. The number of hydrogen-bond donors (Lipinski definition) is 0. The van der Waals surface area contributed by atoms with Crippen molar-refractivity contribution in [1.82, 2.24) is 0 Å². The van der Waals surface area contributed by atoms with Gasteiger partial charge in [0, 0.05) is 6.42 Å². The molecule has 0 radical (unpaired) electrons. The zero-order valence-electron chi connectivity index (χ0n) is 12.4. The molecule has 3 heteroatoms. The molecule has 0 N–H and O–H groups in total. The van der Waals surface area contributed by atoms with E-state index in [0.717, 1.165) is 30.8 Å². The van der Waals surface area contributed by atoms with Gasteiger partial charge >= 0.3 is 5.97 Å². The normalized spacial score (nSPS) is 10.7. The minimum Gasteiger partial charge on any atom is -0.494 e. The van der Waals surface area contributed by atoms with Gasteiger partial charge in [0.2, 0.25) is 0 Å². The first-order chi connectivity index (χ1) is 9.76. The first kappa shape index (κ1) is 16.3. The molecule has 0 amide bonds. The summed E-state index contributed by atoms with van der Waals surface area (Å²) in [6, 6.07) is 7.98. The standard InChI is InChI=1S/C17H24O3/c1-3-5-14-20-16-12-10-15(11-13-16)8-6-7-9-17(18)19-4-2/h6,8,10-13H,3-5,7,9,14H2,1-2H3/b8-6-. The molecule has 0 saturated carbocycles. The van der Waals surface area contributed by atoms with Crippen LogP contribution in [0.5, 0.6) is 5.75 Å². The molecule has 1 aromatic carbocycles. The van der Waals surface area contributed by atoms with Crippen molar-refractivity contribution >= 4 is 12.0 Å². The summed E-state index contributed by atoms with van der Waals surface area (Å²) in [4.78, 5) is 11.2. The van der Waals surface area contributed by atoms with Crippen molar-refractivity contribution in [2.24, 2.45) is 0 Å². The molecule has 0 atom stereocenters. The van der Waals surface area contributed by atoms with Gasteiger partial charge in [0.1, 0.15) is 5.75 Å². The molecule has 3 nitrogen and oxygen atoms in total. The number of hydrogen-bond acceptors (Lipinski definition) is 3. The van der Waals surface area contributed by atoms with E-state index in [-0.39, 0.29) is 5.97 Å². The molecular formula is C17H24O3. The molecule has 1 aromatic rings. The van der Waals surface area contributed by atoms with Gasteiger partial charge in [-0.05, 0) is 37.5 Å². The average molecular weight is 276 g/mol. The van der Waals surface area contributed by atoms with Crippen LogP contribution < -0.4 is 4.74 Å². The highest BCUT2D eigenvalue weighted by Gasteiger charge is 1.98. The maximum Gasteiger partial charge on any atom is 0.306 e. The summed E-state index contributed by atoms with van der Waals surface area (Å²) in [5, 5.41) is 0. The third kappa shape index (κ3) is 6.98. The van der Waals surface area contributed by atoms with E-state index in [0.29, 0.717) is 19.4 Å². The maximum absolute atomic E-state index is 11.2. The summed E-state index contributed by atoms with van der Waals surface area (Å²) in [5.41, 5.74) is 1.11. The van der Waals surface area contributed by atoms with E-state index < -0.39 is 0 Å². The fourth-order valence-corrected chi connectivity index (χ4v) is 1.66. The Kier molecular flexibility index (Phi) is 8.20. The van der Waals surface area contributed by atoms with Crippen molar-refractivity contribution in [3.63, 3.8) is 0 Å². The molecule has 1 rings (SSSR count). The number of carbonyl (C=O) groups excluding carboxylic acids is 1. The lowest BCUT2D eigenvalue weighted by Gasteiger charge is -2.05. The molecule has 0 bridgehead atoms. The third-order valence-electron chi connectivity index (χ3n) is 2.78. The number of carbonyl (C=O) groups is 1.